The monoisotopic (exact) mass is 1440 g/mol. The second-order valence-corrected chi connectivity index (χ2v) is 27.5. The number of amides is 15. The maximum absolute atomic E-state index is 14.3. The Balaban J connectivity index is 3.31. The highest BCUT2D eigenvalue weighted by molar-refractivity contribution is 6.00. The van der Waals surface area contributed by atoms with Crippen LogP contribution in [0, 0.1) is 23.7 Å². The number of unbranched alkanes of at least 4 members (excludes halogenated alkanes) is 4. The fraction of sp³-hybridized carbons (Fsp3) is 0.776. The summed E-state index contributed by atoms with van der Waals surface area (Å²) in [5.41, 5.74) is 22.4. The third-order valence-electron chi connectivity index (χ3n) is 16.8. The van der Waals surface area contributed by atoms with E-state index in [-0.39, 0.29) is 68.6 Å². The van der Waals surface area contributed by atoms with Crippen LogP contribution in [-0.4, -0.2) is 216 Å². The van der Waals surface area contributed by atoms with Crippen LogP contribution >= 0.6 is 0 Å². The first-order valence-corrected chi connectivity index (χ1v) is 35.7. The minimum absolute atomic E-state index is 0.00604. The van der Waals surface area contributed by atoms with Gasteiger partial charge in [0.15, 0.2) is 0 Å². The number of nitrogens with one attached hydrogen (secondary N) is 12. The van der Waals surface area contributed by atoms with Gasteiger partial charge in [-0.25, -0.2) is 0 Å². The summed E-state index contributed by atoms with van der Waals surface area (Å²) in [5.74, 6) is -13.6. The van der Waals surface area contributed by atoms with Gasteiger partial charge in [-0.05, 0) is 127 Å². The van der Waals surface area contributed by atoms with E-state index in [0.717, 1.165) is 6.42 Å². The molecule has 1 aliphatic heterocycles. The third kappa shape index (κ3) is 34.9. The number of hydrogen-bond donors (Lipinski definition) is 18. The minimum atomic E-state index is -1.80. The normalized spacial score (nSPS) is 16.1. The van der Waals surface area contributed by atoms with E-state index in [9.17, 15) is 82.1 Å². The molecule has 34 heteroatoms. The van der Waals surface area contributed by atoms with Crippen LogP contribution < -0.4 is 86.7 Å². The lowest BCUT2D eigenvalue weighted by Crippen LogP contribution is -2.61. The number of rotatable bonds is 51. The largest absolute Gasteiger partial charge is 0.394 e. The van der Waals surface area contributed by atoms with Gasteiger partial charge in [-0.3, -0.25) is 71.9 Å². The molecule has 0 aromatic heterocycles. The lowest BCUT2D eigenvalue weighted by atomic mass is 9.99. The molecule has 0 bridgehead atoms. The summed E-state index contributed by atoms with van der Waals surface area (Å²) in [7, 11) is 0. The van der Waals surface area contributed by atoms with Crippen LogP contribution in [0.15, 0.2) is 0 Å². The number of hydrogen-bond acceptors (Lipinski definition) is 19. The van der Waals surface area contributed by atoms with Crippen LogP contribution in [0.3, 0.4) is 0 Å². The van der Waals surface area contributed by atoms with Gasteiger partial charge in [-0.2, -0.15) is 0 Å². The average molecular weight is 1440 g/mol. The Morgan fingerprint density at radius 1 is 0.426 bits per heavy atom. The van der Waals surface area contributed by atoms with Crippen molar-refractivity contribution in [1.82, 2.24) is 68.7 Å². The molecule has 0 spiro atoms. The number of aliphatic hydroxyl groups is 2. The van der Waals surface area contributed by atoms with Gasteiger partial charge in [0.1, 0.15) is 72.5 Å². The van der Waals surface area contributed by atoms with Crippen molar-refractivity contribution in [2.75, 3.05) is 39.4 Å². The molecule has 1 heterocycles. The Morgan fingerprint density at radius 2 is 0.772 bits per heavy atom. The second-order valence-electron chi connectivity index (χ2n) is 27.5. The zero-order chi connectivity index (χ0) is 76.6. The molecule has 576 valence electrons. The molecule has 1 aliphatic rings. The molecule has 0 aromatic rings. The predicted octanol–water partition coefficient (Wildman–Crippen LogP) is -3.39. The number of primary amides is 2. The molecule has 12 atom stereocenters. The van der Waals surface area contributed by atoms with E-state index < -0.39 is 194 Å². The Bertz CT molecular complexity index is 2720. The Hall–Kier alpha value is -8.11. The molecule has 0 aromatic carbocycles. The quantitative estimate of drug-likeness (QED) is 0.0264. The van der Waals surface area contributed by atoms with Crippen molar-refractivity contribution in [3.05, 3.63) is 0 Å². The van der Waals surface area contributed by atoms with Crippen molar-refractivity contribution in [2.45, 2.75) is 271 Å². The van der Waals surface area contributed by atoms with E-state index in [0.29, 0.717) is 77.4 Å². The molecule has 0 radical (unpaired) electrons. The first kappa shape index (κ1) is 90.9. The van der Waals surface area contributed by atoms with E-state index >= 15 is 0 Å². The van der Waals surface area contributed by atoms with Gasteiger partial charge in [0.25, 0.3) is 0 Å². The first-order valence-electron chi connectivity index (χ1n) is 35.7. The topological polar surface area (TPSA) is 548 Å². The molecule has 0 saturated carbocycles. The van der Waals surface area contributed by atoms with Crippen molar-refractivity contribution in [3.8, 4) is 0 Å². The van der Waals surface area contributed by atoms with Gasteiger partial charge < -0.3 is 102 Å². The number of aliphatic hydroxyl groups excluding tert-OH is 2. The highest BCUT2D eigenvalue weighted by Crippen LogP contribution is 2.19. The summed E-state index contributed by atoms with van der Waals surface area (Å²) in [5, 5.41) is 51.5. The van der Waals surface area contributed by atoms with Crippen LogP contribution in [0.1, 0.15) is 198 Å². The van der Waals surface area contributed by atoms with Crippen LogP contribution in [0.4, 0.5) is 0 Å². The lowest BCUT2D eigenvalue weighted by molar-refractivity contribution is -0.138. The number of carbonyl (C=O) groups is 15. The summed E-state index contributed by atoms with van der Waals surface area (Å²) in [4.78, 5) is 204. The zero-order valence-corrected chi connectivity index (χ0v) is 61.2. The summed E-state index contributed by atoms with van der Waals surface area (Å²) >= 11 is 0. The Labute approximate surface area is 594 Å². The maximum Gasteiger partial charge on any atom is 0.245 e. The van der Waals surface area contributed by atoms with E-state index in [1.54, 1.807) is 41.5 Å². The summed E-state index contributed by atoms with van der Waals surface area (Å²) in [6, 6.07) is -15.8. The smallest absolute Gasteiger partial charge is 0.245 e. The van der Waals surface area contributed by atoms with Crippen molar-refractivity contribution in [1.29, 1.82) is 0 Å². The summed E-state index contributed by atoms with van der Waals surface area (Å²) in [6.45, 7) is 17.0. The molecule has 22 N–H and O–H groups in total. The maximum atomic E-state index is 14.3. The first-order chi connectivity index (χ1) is 47.6. The lowest BCUT2D eigenvalue weighted by Gasteiger charge is -2.29. The minimum Gasteiger partial charge on any atom is -0.394 e. The van der Waals surface area contributed by atoms with Gasteiger partial charge in [0.2, 0.25) is 88.6 Å². The molecular weight excluding hydrogens is 1310 g/mol. The molecule has 1 fully saturated rings. The molecule has 15 amide bonds. The highest BCUT2D eigenvalue weighted by atomic mass is 16.3. The van der Waals surface area contributed by atoms with Crippen molar-refractivity contribution < 1.29 is 82.1 Å². The summed E-state index contributed by atoms with van der Waals surface area (Å²) < 4.78 is 0. The van der Waals surface area contributed by atoms with Gasteiger partial charge in [-0.1, -0.05) is 94.9 Å². The zero-order valence-electron chi connectivity index (χ0n) is 61.2. The van der Waals surface area contributed by atoms with Crippen LogP contribution in [-0.2, 0) is 71.9 Å². The standard InChI is InChI=1S/C67H121N17O17/c1-12-14-21-42(56(71)90)74-57(91)44(23-16-18-28-68)75-58(92)43(22-15-13-2)76-64(98)50(35-85)82-61(95)47(31-37(3)4)73-54(89)34-72-67(101)55(40(9)10)83-65(99)51(36-86)81-60(94)46(26-27-53(70)88)77-62(96)48(32-38(5)6)80-63(97)49(33-39(7)8)79-59(93)45(24-17-19-29-69)78-66(100)52-25-20-30-84(52)41(11)87/h37-40,42-52,55,85-86H,12-36,68-69H2,1-11H3,(H2,70,88)(H2,71,90)(H,72,101)(H,73,89)(H,74,91)(H,75,92)(H,76,98)(H,77,96)(H,78,100)(H,79,93)(H,80,97)(H,81,94)(H,82,95)(H,83,99)/t42-,43-,44-,45-,46-,47-,48-,49-,50-,51-,52-,55-/m0/s1. The SMILES string of the molecule is CCCC[C@H](NC(=O)[C@H](CCCCN)NC(=O)[C@H](CCCC)NC(=O)[C@H](CO)NC(=O)[C@H](CC(C)C)NC(=O)CNC(=O)[C@@H](NC(=O)[C@H](CO)NC(=O)[C@H](CCC(N)=O)NC(=O)[C@H](CC(C)C)NC(=O)[C@H](CC(C)C)NC(=O)[C@H](CCCCN)NC(=O)[C@@H]1CCCN1C(C)=O)C(C)C)C(N)=O. The van der Waals surface area contributed by atoms with Crippen LogP contribution in [0.25, 0.3) is 0 Å². The van der Waals surface area contributed by atoms with Crippen molar-refractivity contribution in [3.63, 3.8) is 0 Å². The van der Waals surface area contributed by atoms with E-state index in [1.165, 1.54) is 25.7 Å². The fourth-order valence-corrected chi connectivity index (χ4v) is 11.1. The molecule has 101 heavy (non-hydrogen) atoms. The van der Waals surface area contributed by atoms with E-state index in [1.807, 2.05) is 13.8 Å². The van der Waals surface area contributed by atoms with E-state index in [4.69, 9.17) is 22.9 Å². The molecule has 0 aliphatic carbocycles. The van der Waals surface area contributed by atoms with E-state index in [2.05, 4.69) is 63.8 Å². The highest BCUT2D eigenvalue weighted by Gasteiger charge is 2.39. The molecule has 1 rings (SSSR count). The van der Waals surface area contributed by atoms with Gasteiger partial charge in [0, 0.05) is 19.9 Å². The average Bonchev–Trinajstić information content (AvgIpc) is 1.83. The predicted molar refractivity (Wildman–Crippen MR) is 375 cm³/mol. The molecule has 0 unspecified atom stereocenters. The third-order valence-corrected chi connectivity index (χ3v) is 16.8. The fourth-order valence-electron chi connectivity index (χ4n) is 11.1. The van der Waals surface area contributed by atoms with Crippen molar-refractivity contribution in [2.24, 2.45) is 46.6 Å². The number of nitrogens with zero attached hydrogens (tertiary/aromatic N) is 1. The molecular formula is C67H121N17O17. The van der Waals surface area contributed by atoms with Gasteiger partial charge >= 0.3 is 0 Å². The van der Waals surface area contributed by atoms with Crippen LogP contribution in [0.5, 0.6) is 0 Å². The Morgan fingerprint density at radius 3 is 1.15 bits per heavy atom. The molecule has 34 nitrogen and oxygen atoms in total. The summed E-state index contributed by atoms with van der Waals surface area (Å²) in [6.07, 6.45) is 5.08. The number of likely N-dealkylation sites (tertiary alicyclic amines) is 1. The number of nitrogens with two attached hydrogens (primary N) is 4. The molecule has 1 saturated heterocycles. The Kier molecular flexibility index (Phi) is 43.8. The van der Waals surface area contributed by atoms with Gasteiger partial charge in [0.05, 0.1) is 19.8 Å². The van der Waals surface area contributed by atoms with Crippen LogP contribution in [0.2, 0.25) is 0 Å². The van der Waals surface area contributed by atoms with Gasteiger partial charge in [-0.15, -0.1) is 0 Å². The van der Waals surface area contributed by atoms with Crippen molar-refractivity contribution >= 4 is 88.6 Å². The number of carbonyl (C=O) groups excluding carboxylic acids is 15. The second kappa shape index (κ2) is 48.7.